The van der Waals surface area contributed by atoms with Crippen LogP contribution in [0.4, 0.5) is 0 Å². The molecule has 4 nitrogen and oxygen atoms in total. The molecule has 80 valence electrons. The number of aliphatic hydroxyl groups excluding tert-OH is 1. The predicted octanol–water partition coefficient (Wildman–Crippen LogP) is -0.232. The smallest absolute Gasteiger partial charge is 0.237 e. The van der Waals surface area contributed by atoms with Gasteiger partial charge in [0.2, 0.25) is 11.6 Å². The van der Waals surface area contributed by atoms with Gasteiger partial charge in [0, 0.05) is 0 Å². The van der Waals surface area contributed by atoms with Crippen molar-refractivity contribution < 1.29 is 19.2 Å². The maximum atomic E-state index is 11.3. The normalized spacial score (nSPS) is 13.5. The molecule has 0 aromatic carbocycles. The van der Waals surface area contributed by atoms with E-state index < -0.39 is 17.7 Å². The van der Waals surface area contributed by atoms with Crippen LogP contribution in [-0.4, -0.2) is 54.9 Å². The lowest BCUT2D eigenvalue weighted by Crippen LogP contribution is -2.46. The molecule has 1 N–H and O–H groups in total. The van der Waals surface area contributed by atoms with E-state index in [1.807, 2.05) is 21.1 Å². The van der Waals surface area contributed by atoms with Crippen LogP contribution in [-0.2, 0) is 9.59 Å². The molecule has 1 atom stereocenters. The third-order valence-electron chi connectivity index (χ3n) is 1.63. The van der Waals surface area contributed by atoms with Crippen LogP contribution < -0.4 is 0 Å². The van der Waals surface area contributed by atoms with E-state index in [4.69, 9.17) is 0 Å². The van der Waals surface area contributed by atoms with Crippen LogP contribution in [0, 0.1) is 0 Å². The van der Waals surface area contributed by atoms with Gasteiger partial charge in [-0.25, -0.2) is 0 Å². The van der Waals surface area contributed by atoms with Gasteiger partial charge in [0.05, 0.1) is 21.1 Å². The topological polar surface area (TPSA) is 54.4 Å². The standard InChI is InChI=1S/C10H18NO3/c1-7(2)9(13)10(14)8(12)6-11(3,4)5/h8,12H,1,6H2,2-5H3/q+1. The lowest BCUT2D eigenvalue weighted by molar-refractivity contribution is -0.872. The largest absolute Gasteiger partial charge is 0.379 e. The first-order chi connectivity index (χ1) is 6.15. The summed E-state index contributed by atoms with van der Waals surface area (Å²) >= 11 is 0. The van der Waals surface area contributed by atoms with Crippen LogP contribution in [0.5, 0.6) is 0 Å². The first-order valence-corrected chi connectivity index (χ1v) is 4.37. The molecular formula is C10H18NO3+. The molecule has 0 fully saturated rings. The minimum atomic E-state index is -1.24. The number of likely N-dealkylation sites (N-methyl/N-ethyl adjacent to an activating group) is 1. The summed E-state index contributed by atoms with van der Waals surface area (Å²) in [4.78, 5) is 22.4. The summed E-state index contributed by atoms with van der Waals surface area (Å²) in [5, 5.41) is 9.45. The van der Waals surface area contributed by atoms with E-state index >= 15 is 0 Å². The quantitative estimate of drug-likeness (QED) is 0.379. The van der Waals surface area contributed by atoms with Gasteiger partial charge in [-0.2, -0.15) is 0 Å². The van der Waals surface area contributed by atoms with Gasteiger partial charge in [0.1, 0.15) is 6.54 Å². The number of rotatable bonds is 5. The fraction of sp³-hybridized carbons (Fsp3) is 0.600. The predicted molar refractivity (Wildman–Crippen MR) is 53.7 cm³/mol. The maximum absolute atomic E-state index is 11.3. The Balaban J connectivity index is 4.42. The Morgan fingerprint density at radius 2 is 1.79 bits per heavy atom. The number of carbonyl (C=O) groups is 2. The van der Waals surface area contributed by atoms with Crippen molar-refractivity contribution in [3.05, 3.63) is 12.2 Å². The Kier molecular flexibility index (Phi) is 4.16. The van der Waals surface area contributed by atoms with Crippen molar-refractivity contribution in [2.45, 2.75) is 13.0 Å². The van der Waals surface area contributed by atoms with Gasteiger partial charge in [-0.05, 0) is 12.5 Å². The fourth-order valence-electron chi connectivity index (χ4n) is 0.963. The number of nitrogens with zero attached hydrogens (tertiary/aromatic N) is 1. The highest BCUT2D eigenvalue weighted by molar-refractivity contribution is 6.44. The number of allylic oxidation sites excluding steroid dienone is 1. The summed E-state index contributed by atoms with van der Waals surface area (Å²) in [6.07, 6.45) is -1.24. The minimum absolute atomic E-state index is 0.162. The summed E-state index contributed by atoms with van der Waals surface area (Å²) in [5.74, 6) is -1.46. The zero-order chi connectivity index (χ0) is 11.5. The zero-order valence-corrected chi connectivity index (χ0v) is 9.20. The summed E-state index contributed by atoms with van der Waals surface area (Å²) in [7, 11) is 5.51. The Bertz CT molecular complexity index is 263. The average Bonchev–Trinajstić information content (AvgIpc) is 1.98. The summed E-state index contributed by atoms with van der Waals surface area (Å²) in [6.45, 7) is 5.05. The molecule has 14 heavy (non-hydrogen) atoms. The molecule has 4 heteroatoms. The highest BCUT2D eigenvalue weighted by atomic mass is 16.3. The summed E-state index contributed by atoms with van der Waals surface area (Å²) in [5.41, 5.74) is 0.162. The van der Waals surface area contributed by atoms with Crippen LogP contribution in [0.25, 0.3) is 0 Å². The molecule has 0 bridgehead atoms. The molecular weight excluding hydrogens is 182 g/mol. The molecule has 0 saturated heterocycles. The number of aliphatic hydroxyl groups is 1. The summed E-state index contributed by atoms with van der Waals surface area (Å²) < 4.78 is 0.427. The van der Waals surface area contributed by atoms with Gasteiger partial charge in [-0.3, -0.25) is 9.59 Å². The second-order valence-electron chi connectivity index (χ2n) is 4.46. The van der Waals surface area contributed by atoms with Crippen LogP contribution >= 0.6 is 0 Å². The van der Waals surface area contributed by atoms with Crippen molar-refractivity contribution >= 4 is 11.6 Å². The van der Waals surface area contributed by atoms with E-state index in [0.717, 1.165) is 0 Å². The van der Waals surface area contributed by atoms with Crippen molar-refractivity contribution in [1.29, 1.82) is 0 Å². The minimum Gasteiger partial charge on any atom is -0.379 e. The third-order valence-corrected chi connectivity index (χ3v) is 1.63. The fourth-order valence-corrected chi connectivity index (χ4v) is 0.963. The van der Waals surface area contributed by atoms with Crippen LogP contribution in [0.15, 0.2) is 12.2 Å². The maximum Gasteiger partial charge on any atom is 0.237 e. The molecule has 0 saturated carbocycles. The number of Topliss-reactive ketones (excluding diaryl/α,β-unsaturated/α-hetero) is 2. The molecule has 0 aliphatic rings. The van der Waals surface area contributed by atoms with Crippen molar-refractivity contribution in [2.75, 3.05) is 27.7 Å². The first kappa shape index (κ1) is 13.0. The Hall–Kier alpha value is -1.00. The highest BCUT2D eigenvalue weighted by Gasteiger charge is 2.27. The Morgan fingerprint density at radius 1 is 1.36 bits per heavy atom. The van der Waals surface area contributed by atoms with E-state index in [9.17, 15) is 14.7 Å². The summed E-state index contributed by atoms with van der Waals surface area (Å²) in [6, 6.07) is 0. The van der Waals surface area contributed by atoms with Crippen molar-refractivity contribution in [1.82, 2.24) is 0 Å². The average molecular weight is 200 g/mol. The number of carbonyl (C=O) groups excluding carboxylic acids is 2. The monoisotopic (exact) mass is 200 g/mol. The van der Waals surface area contributed by atoms with E-state index in [0.29, 0.717) is 4.48 Å². The van der Waals surface area contributed by atoms with Gasteiger partial charge < -0.3 is 9.59 Å². The van der Waals surface area contributed by atoms with Gasteiger partial charge in [0.25, 0.3) is 0 Å². The third kappa shape index (κ3) is 4.30. The van der Waals surface area contributed by atoms with E-state index in [1.165, 1.54) is 6.92 Å². The zero-order valence-electron chi connectivity index (χ0n) is 9.20. The lowest BCUT2D eigenvalue weighted by Gasteiger charge is -2.25. The van der Waals surface area contributed by atoms with Crippen molar-refractivity contribution in [3.63, 3.8) is 0 Å². The molecule has 1 unspecified atom stereocenters. The second-order valence-corrected chi connectivity index (χ2v) is 4.46. The van der Waals surface area contributed by atoms with Gasteiger partial charge >= 0.3 is 0 Å². The highest BCUT2D eigenvalue weighted by Crippen LogP contribution is 2.00. The molecule has 0 rings (SSSR count). The molecule has 0 aliphatic carbocycles. The number of hydrogen-bond acceptors (Lipinski definition) is 3. The molecule has 0 aromatic heterocycles. The van der Waals surface area contributed by atoms with Gasteiger partial charge in [-0.15, -0.1) is 0 Å². The van der Waals surface area contributed by atoms with Gasteiger partial charge in [-0.1, -0.05) is 6.58 Å². The van der Waals surface area contributed by atoms with E-state index in [1.54, 1.807) is 0 Å². The molecule has 0 amide bonds. The van der Waals surface area contributed by atoms with Crippen LogP contribution in [0.1, 0.15) is 6.92 Å². The van der Waals surface area contributed by atoms with Crippen molar-refractivity contribution in [3.8, 4) is 0 Å². The van der Waals surface area contributed by atoms with Gasteiger partial charge in [0.15, 0.2) is 6.10 Å². The second kappa shape index (κ2) is 4.48. The number of hydrogen-bond donors (Lipinski definition) is 1. The molecule has 0 aromatic rings. The molecule has 0 radical (unpaired) electrons. The van der Waals surface area contributed by atoms with Crippen molar-refractivity contribution in [2.24, 2.45) is 0 Å². The Labute approximate surface area is 84.4 Å². The molecule has 0 heterocycles. The SMILES string of the molecule is C=C(C)C(=O)C(=O)C(O)C[N+](C)(C)C. The Morgan fingerprint density at radius 3 is 2.07 bits per heavy atom. The number of ketones is 2. The van der Waals surface area contributed by atoms with E-state index in [2.05, 4.69) is 6.58 Å². The first-order valence-electron chi connectivity index (χ1n) is 4.37. The molecule has 0 spiro atoms. The molecule has 0 aliphatic heterocycles. The van der Waals surface area contributed by atoms with Crippen LogP contribution in [0.3, 0.4) is 0 Å². The number of quaternary nitrogens is 1. The van der Waals surface area contributed by atoms with E-state index in [-0.39, 0.29) is 12.1 Å². The van der Waals surface area contributed by atoms with Crippen LogP contribution in [0.2, 0.25) is 0 Å². The lowest BCUT2D eigenvalue weighted by atomic mass is 10.1.